The van der Waals surface area contributed by atoms with Crippen LogP contribution < -0.4 is 0 Å². The highest BCUT2D eigenvalue weighted by molar-refractivity contribution is 7.98. The molecule has 1 saturated carbocycles. The Labute approximate surface area is 85.7 Å². The number of rotatable bonds is 5. The molecular weight excluding hydrogens is 180 g/mol. The Balaban J connectivity index is 2.49. The normalized spacial score (nSPS) is 20.5. The van der Waals surface area contributed by atoms with E-state index >= 15 is 0 Å². The lowest BCUT2D eigenvalue weighted by molar-refractivity contribution is -0.128. The van der Waals surface area contributed by atoms with Crippen LogP contribution in [0.3, 0.4) is 0 Å². The van der Waals surface area contributed by atoms with Gasteiger partial charge in [-0.25, -0.2) is 0 Å². The van der Waals surface area contributed by atoms with Crippen LogP contribution in [-0.4, -0.2) is 17.8 Å². The standard InChI is InChI=1S/C11H20OS/c1-3-11(7-4-5-8-11)10(12)6-9-13-2/h3-9H2,1-2H3. The van der Waals surface area contributed by atoms with Gasteiger partial charge in [0.2, 0.25) is 0 Å². The molecule has 0 aromatic rings. The molecule has 0 bridgehead atoms. The van der Waals surface area contributed by atoms with Gasteiger partial charge in [0.15, 0.2) is 0 Å². The zero-order valence-corrected chi connectivity index (χ0v) is 9.58. The summed E-state index contributed by atoms with van der Waals surface area (Å²) in [6.07, 6.45) is 8.74. The van der Waals surface area contributed by atoms with Crippen molar-refractivity contribution in [2.75, 3.05) is 12.0 Å². The van der Waals surface area contributed by atoms with Gasteiger partial charge in [-0.3, -0.25) is 4.79 Å². The lowest BCUT2D eigenvalue weighted by Gasteiger charge is -2.25. The van der Waals surface area contributed by atoms with Crippen molar-refractivity contribution in [3.05, 3.63) is 0 Å². The van der Waals surface area contributed by atoms with E-state index in [1.807, 2.05) is 0 Å². The first kappa shape index (κ1) is 11.1. The zero-order chi connectivity index (χ0) is 9.73. The van der Waals surface area contributed by atoms with Crippen molar-refractivity contribution < 1.29 is 4.79 Å². The molecule has 76 valence electrons. The summed E-state index contributed by atoms with van der Waals surface area (Å²) in [4.78, 5) is 11.9. The molecule has 0 unspecified atom stereocenters. The quantitative estimate of drug-likeness (QED) is 0.677. The lowest BCUT2D eigenvalue weighted by atomic mass is 9.78. The molecule has 0 aromatic carbocycles. The van der Waals surface area contributed by atoms with Crippen LogP contribution in [0.2, 0.25) is 0 Å². The molecule has 0 aromatic heterocycles. The predicted octanol–water partition coefficient (Wildman–Crippen LogP) is 3.28. The maximum absolute atomic E-state index is 11.9. The third-order valence-electron chi connectivity index (χ3n) is 3.36. The van der Waals surface area contributed by atoms with Crippen molar-refractivity contribution in [3.8, 4) is 0 Å². The Hall–Kier alpha value is 0.0200. The van der Waals surface area contributed by atoms with Gasteiger partial charge in [-0.15, -0.1) is 0 Å². The summed E-state index contributed by atoms with van der Waals surface area (Å²) in [6.45, 7) is 2.17. The largest absolute Gasteiger partial charge is 0.299 e. The summed E-state index contributed by atoms with van der Waals surface area (Å²) in [5.74, 6) is 1.53. The molecule has 0 aliphatic heterocycles. The Morgan fingerprint density at radius 2 is 2.00 bits per heavy atom. The molecule has 1 rings (SSSR count). The van der Waals surface area contributed by atoms with Gasteiger partial charge in [0.1, 0.15) is 5.78 Å². The second-order valence-corrected chi connectivity index (χ2v) is 4.99. The highest BCUT2D eigenvalue weighted by Crippen LogP contribution is 2.42. The number of ketones is 1. The summed E-state index contributed by atoms with van der Waals surface area (Å²) >= 11 is 1.78. The number of Topliss-reactive ketones (excluding diaryl/α,β-unsaturated/α-hetero) is 1. The van der Waals surface area contributed by atoms with Gasteiger partial charge in [-0.1, -0.05) is 19.8 Å². The molecular formula is C11H20OS. The lowest BCUT2D eigenvalue weighted by Crippen LogP contribution is -2.27. The van der Waals surface area contributed by atoms with Crippen LogP contribution >= 0.6 is 11.8 Å². The van der Waals surface area contributed by atoms with Crippen molar-refractivity contribution in [3.63, 3.8) is 0 Å². The molecule has 0 spiro atoms. The fraction of sp³-hybridized carbons (Fsp3) is 0.909. The molecule has 0 heterocycles. The summed E-state index contributed by atoms with van der Waals surface area (Å²) in [5, 5.41) is 0. The SMILES string of the molecule is CCC1(C(=O)CCSC)CCCC1. The van der Waals surface area contributed by atoms with E-state index in [-0.39, 0.29) is 5.41 Å². The molecule has 0 saturated heterocycles. The number of hydrogen-bond acceptors (Lipinski definition) is 2. The van der Waals surface area contributed by atoms with Gasteiger partial charge < -0.3 is 0 Å². The monoisotopic (exact) mass is 200 g/mol. The van der Waals surface area contributed by atoms with E-state index in [0.29, 0.717) is 5.78 Å². The third-order valence-corrected chi connectivity index (χ3v) is 3.97. The molecule has 0 amide bonds. The number of carbonyl (C=O) groups is 1. The number of hydrogen-bond donors (Lipinski definition) is 0. The maximum Gasteiger partial charge on any atom is 0.139 e. The van der Waals surface area contributed by atoms with E-state index in [1.54, 1.807) is 11.8 Å². The van der Waals surface area contributed by atoms with Crippen LogP contribution in [0.5, 0.6) is 0 Å². The van der Waals surface area contributed by atoms with Crippen molar-refractivity contribution in [2.45, 2.75) is 45.4 Å². The highest BCUT2D eigenvalue weighted by Gasteiger charge is 2.38. The average Bonchev–Trinajstić information content (AvgIpc) is 2.63. The Kier molecular flexibility index (Phi) is 4.30. The Morgan fingerprint density at radius 1 is 1.38 bits per heavy atom. The zero-order valence-electron chi connectivity index (χ0n) is 8.77. The summed E-state index contributed by atoms with van der Waals surface area (Å²) in [6, 6.07) is 0. The van der Waals surface area contributed by atoms with Crippen LogP contribution in [0.1, 0.15) is 45.4 Å². The summed E-state index contributed by atoms with van der Waals surface area (Å²) in [7, 11) is 0. The smallest absolute Gasteiger partial charge is 0.139 e. The van der Waals surface area contributed by atoms with Gasteiger partial charge in [0, 0.05) is 11.8 Å². The molecule has 1 fully saturated rings. The topological polar surface area (TPSA) is 17.1 Å². The van der Waals surface area contributed by atoms with E-state index in [9.17, 15) is 4.79 Å². The van der Waals surface area contributed by atoms with Crippen molar-refractivity contribution >= 4 is 17.5 Å². The molecule has 1 nitrogen and oxygen atoms in total. The van der Waals surface area contributed by atoms with Gasteiger partial charge in [-0.05, 0) is 31.3 Å². The highest BCUT2D eigenvalue weighted by atomic mass is 32.2. The Morgan fingerprint density at radius 3 is 2.46 bits per heavy atom. The predicted molar refractivity (Wildman–Crippen MR) is 59.2 cm³/mol. The van der Waals surface area contributed by atoms with E-state index in [0.717, 1.165) is 31.4 Å². The minimum absolute atomic E-state index is 0.0930. The van der Waals surface area contributed by atoms with Crippen LogP contribution in [0.4, 0.5) is 0 Å². The van der Waals surface area contributed by atoms with Crippen molar-refractivity contribution in [2.24, 2.45) is 5.41 Å². The summed E-state index contributed by atoms with van der Waals surface area (Å²) in [5.41, 5.74) is 0.0930. The molecule has 0 atom stereocenters. The average molecular weight is 200 g/mol. The van der Waals surface area contributed by atoms with Crippen molar-refractivity contribution in [1.29, 1.82) is 0 Å². The molecule has 0 radical (unpaired) electrons. The molecule has 13 heavy (non-hydrogen) atoms. The van der Waals surface area contributed by atoms with E-state index in [1.165, 1.54) is 12.8 Å². The summed E-state index contributed by atoms with van der Waals surface area (Å²) < 4.78 is 0. The van der Waals surface area contributed by atoms with E-state index in [4.69, 9.17) is 0 Å². The van der Waals surface area contributed by atoms with Crippen LogP contribution in [0.25, 0.3) is 0 Å². The molecule has 1 aliphatic rings. The number of carbonyl (C=O) groups excluding carboxylic acids is 1. The second kappa shape index (κ2) is 5.04. The first-order valence-corrected chi connectivity index (χ1v) is 6.67. The minimum atomic E-state index is 0.0930. The van der Waals surface area contributed by atoms with E-state index in [2.05, 4.69) is 13.2 Å². The Bertz CT molecular complexity index is 171. The van der Waals surface area contributed by atoms with Crippen molar-refractivity contribution in [1.82, 2.24) is 0 Å². The van der Waals surface area contributed by atoms with Crippen LogP contribution in [0.15, 0.2) is 0 Å². The fourth-order valence-corrected chi connectivity index (χ4v) is 2.73. The first-order valence-electron chi connectivity index (χ1n) is 5.27. The van der Waals surface area contributed by atoms with Gasteiger partial charge in [-0.2, -0.15) is 11.8 Å². The third kappa shape index (κ3) is 2.49. The first-order chi connectivity index (χ1) is 6.25. The minimum Gasteiger partial charge on any atom is -0.299 e. The van der Waals surface area contributed by atoms with Crippen LogP contribution in [-0.2, 0) is 4.79 Å². The maximum atomic E-state index is 11.9. The molecule has 0 N–H and O–H groups in total. The van der Waals surface area contributed by atoms with Gasteiger partial charge >= 0.3 is 0 Å². The molecule has 1 aliphatic carbocycles. The van der Waals surface area contributed by atoms with Gasteiger partial charge in [0.05, 0.1) is 0 Å². The molecule has 2 heteroatoms. The van der Waals surface area contributed by atoms with Crippen LogP contribution in [0, 0.1) is 5.41 Å². The fourth-order valence-electron chi connectivity index (χ4n) is 2.34. The number of thioether (sulfide) groups is 1. The second-order valence-electron chi connectivity index (χ2n) is 4.01. The van der Waals surface area contributed by atoms with E-state index < -0.39 is 0 Å². The van der Waals surface area contributed by atoms with Gasteiger partial charge in [0.25, 0.3) is 0 Å².